The van der Waals surface area contributed by atoms with E-state index in [0.717, 1.165) is 25.8 Å². The molecule has 1 aliphatic heterocycles. The van der Waals surface area contributed by atoms with Gasteiger partial charge in [0.1, 0.15) is 0 Å². The number of likely N-dealkylation sites (tertiary alicyclic amines) is 1. The number of nitrogens with two attached hydrogens (primary N) is 1. The first-order valence-corrected chi connectivity index (χ1v) is 6.97. The van der Waals surface area contributed by atoms with Crippen molar-refractivity contribution in [1.29, 1.82) is 0 Å². The maximum atomic E-state index is 12.4. The van der Waals surface area contributed by atoms with E-state index in [2.05, 4.69) is 20.8 Å². The van der Waals surface area contributed by atoms with Crippen LogP contribution in [0.15, 0.2) is 0 Å². The Labute approximate surface area is 111 Å². The molecule has 0 aromatic heterocycles. The highest BCUT2D eigenvalue weighted by molar-refractivity contribution is 5.79. The molecule has 0 aromatic carbocycles. The summed E-state index contributed by atoms with van der Waals surface area (Å²) in [4.78, 5) is 14.3. The predicted octanol–water partition coefficient (Wildman–Crippen LogP) is 1.23. The number of piperidine rings is 1. The smallest absolute Gasteiger partial charge is 0.226 e. The fraction of sp³-hybridized carbons (Fsp3) is 0.929. The highest BCUT2D eigenvalue weighted by Gasteiger charge is 2.30. The number of carbonyl (C=O) groups excluding carboxylic acids is 1. The van der Waals surface area contributed by atoms with E-state index in [-0.39, 0.29) is 29.8 Å². The van der Waals surface area contributed by atoms with Crippen molar-refractivity contribution in [3.63, 3.8) is 0 Å². The Morgan fingerprint density at radius 3 is 2.67 bits per heavy atom. The average Bonchev–Trinajstić information content (AvgIpc) is 2.34. The monoisotopic (exact) mass is 256 g/mol. The number of hydrogen-bond acceptors (Lipinski definition) is 3. The molecule has 1 heterocycles. The lowest BCUT2D eigenvalue weighted by Gasteiger charge is -2.35. The number of aliphatic hydroxyl groups is 1. The van der Waals surface area contributed by atoms with Crippen LogP contribution in [0.2, 0.25) is 0 Å². The summed E-state index contributed by atoms with van der Waals surface area (Å²) >= 11 is 0. The summed E-state index contributed by atoms with van der Waals surface area (Å²) in [5, 5.41) is 9.21. The van der Waals surface area contributed by atoms with Crippen LogP contribution in [0.25, 0.3) is 0 Å². The zero-order chi connectivity index (χ0) is 13.8. The van der Waals surface area contributed by atoms with Gasteiger partial charge in [-0.05, 0) is 30.6 Å². The van der Waals surface area contributed by atoms with Crippen molar-refractivity contribution in [2.75, 3.05) is 26.2 Å². The lowest BCUT2D eigenvalue weighted by Crippen LogP contribution is -2.46. The Morgan fingerprint density at radius 2 is 2.17 bits per heavy atom. The standard InChI is InChI=1S/C14H28N2O2/c1-14(2,3)7-12(8-15)13(18)16-6-4-5-11(9-16)10-17/h11-12,17H,4-10,15H2,1-3H3. The van der Waals surface area contributed by atoms with Crippen molar-refractivity contribution < 1.29 is 9.90 Å². The molecule has 0 aromatic rings. The van der Waals surface area contributed by atoms with Gasteiger partial charge in [-0.1, -0.05) is 20.8 Å². The zero-order valence-corrected chi connectivity index (χ0v) is 12.0. The minimum Gasteiger partial charge on any atom is -0.396 e. The van der Waals surface area contributed by atoms with Crippen molar-refractivity contribution in [2.45, 2.75) is 40.0 Å². The number of carbonyl (C=O) groups is 1. The average molecular weight is 256 g/mol. The summed E-state index contributed by atoms with van der Waals surface area (Å²) < 4.78 is 0. The largest absolute Gasteiger partial charge is 0.396 e. The Kier molecular flexibility index (Phi) is 5.60. The molecule has 4 nitrogen and oxygen atoms in total. The van der Waals surface area contributed by atoms with Gasteiger partial charge in [-0.2, -0.15) is 0 Å². The van der Waals surface area contributed by atoms with Crippen LogP contribution in [0.3, 0.4) is 0 Å². The van der Waals surface area contributed by atoms with E-state index < -0.39 is 0 Å². The molecule has 0 spiro atoms. The predicted molar refractivity (Wildman–Crippen MR) is 73.0 cm³/mol. The second-order valence-electron chi connectivity index (χ2n) is 6.67. The summed E-state index contributed by atoms with van der Waals surface area (Å²) in [6.45, 7) is 8.50. The first-order chi connectivity index (χ1) is 8.37. The zero-order valence-electron chi connectivity index (χ0n) is 12.0. The highest BCUT2D eigenvalue weighted by Crippen LogP contribution is 2.26. The van der Waals surface area contributed by atoms with Crippen LogP contribution in [-0.2, 0) is 4.79 Å². The van der Waals surface area contributed by atoms with Gasteiger partial charge in [0.25, 0.3) is 0 Å². The lowest BCUT2D eigenvalue weighted by molar-refractivity contribution is -0.138. The molecule has 1 aliphatic rings. The van der Waals surface area contributed by atoms with E-state index in [0.29, 0.717) is 13.1 Å². The molecule has 2 unspecified atom stereocenters. The third-order valence-corrected chi connectivity index (χ3v) is 3.58. The second-order valence-corrected chi connectivity index (χ2v) is 6.67. The van der Waals surface area contributed by atoms with Crippen molar-refractivity contribution in [3.05, 3.63) is 0 Å². The number of hydrogen-bond donors (Lipinski definition) is 2. The van der Waals surface area contributed by atoms with Crippen LogP contribution in [0, 0.1) is 17.3 Å². The Hall–Kier alpha value is -0.610. The van der Waals surface area contributed by atoms with Crippen molar-refractivity contribution >= 4 is 5.91 Å². The molecule has 4 heteroatoms. The lowest BCUT2D eigenvalue weighted by atomic mass is 9.83. The van der Waals surface area contributed by atoms with Gasteiger partial charge in [0.05, 0.1) is 5.92 Å². The molecular weight excluding hydrogens is 228 g/mol. The summed E-state index contributed by atoms with van der Waals surface area (Å²) in [6, 6.07) is 0. The number of nitrogens with zero attached hydrogens (tertiary/aromatic N) is 1. The van der Waals surface area contributed by atoms with Gasteiger partial charge < -0.3 is 15.7 Å². The van der Waals surface area contributed by atoms with Crippen LogP contribution in [0.1, 0.15) is 40.0 Å². The fourth-order valence-corrected chi connectivity index (χ4v) is 2.68. The molecule has 0 saturated carbocycles. The molecule has 0 bridgehead atoms. The van der Waals surface area contributed by atoms with Gasteiger partial charge in [-0.25, -0.2) is 0 Å². The maximum Gasteiger partial charge on any atom is 0.226 e. The fourth-order valence-electron chi connectivity index (χ4n) is 2.68. The van der Waals surface area contributed by atoms with Crippen LogP contribution in [0.4, 0.5) is 0 Å². The molecule has 0 aliphatic carbocycles. The summed E-state index contributed by atoms with van der Waals surface area (Å²) in [7, 11) is 0. The SMILES string of the molecule is CC(C)(C)CC(CN)C(=O)N1CCCC(CO)C1. The minimum atomic E-state index is -0.0811. The highest BCUT2D eigenvalue weighted by atomic mass is 16.3. The van der Waals surface area contributed by atoms with Crippen LogP contribution < -0.4 is 5.73 Å². The minimum absolute atomic E-state index is 0.0811. The van der Waals surface area contributed by atoms with Gasteiger partial charge in [0, 0.05) is 26.2 Å². The van der Waals surface area contributed by atoms with E-state index in [9.17, 15) is 9.90 Å². The topological polar surface area (TPSA) is 66.6 Å². The van der Waals surface area contributed by atoms with Gasteiger partial charge >= 0.3 is 0 Å². The third kappa shape index (κ3) is 4.58. The van der Waals surface area contributed by atoms with E-state index >= 15 is 0 Å². The van der Waals surface area contributed by atoms with E-state index in [1.165, 1.54) is 0 Å². The molecule has 3 N–H and O–H groups in total. The van der Waals surface area contributed by atoms with Crippen LogP contribution in [-0.4, -0.2) is 42.2 Å². The first-order valence-electron chi connectivity index (χ1n) is 6.97. The molecule has 1 amide bonds. The van der Waals surface area contributed by atoms with Gasteiger partial charge in [0.15, 0.2) is 0 Å². The number of amides is 1. The molecule has 0 radical (unpaired) electrons. The first kappa shape index (κ1) is 15.4. The van der Waals surface area contributed by atoms with Crippen molar-refractivity contribution in [3.8, 4) is 0 Å². The Bertz CT molecular complexity index is 273. The molecule has 1 saturated heterocycles. The molecule has 1 rings (SSSR count). The molecule has 106 valence electrons. The Balaban J connectivity index is 2.60. The van der Waals surface area contributed by atoms with Gasteiger partial charge in [-0.3, -0.25) is 4.79 Å². The summed E-state index contributed by atoms with van der Waals surface area (Å²) in [5.41, 5.74) is 5.87. The van der Waals surface area contributed by atoms with E-state index in [1.807, 2.05) is 4.90 Å². The Morgan fingerprint density at radius 1 is 1.50 bits per heavy atom. The molecule has 18 heavy (non-hydrogen) atoms. The maximum absolute atomic E-state index is 12.4. The van der Waals surface area contributed by atoms with Gasteiger partial charge in [-0.15, -0.1) is 0 Å². The van der Waals surface area contributed by atoms with E-state index in [1.54, 1.807) is 0 Å². The van der Waals surface area contributed by atoms with Crippen molar-refractivity contribution in [2.24, 2.45) is 23.0 Å². The normalized spacial score (nSPS) is 22.9. The molecular formula is C14H28N2O2. The quantitative estimate of drug-likeness (QED) is 0.795. The third-order valence-electron chi connectivity index (χ3n) is 3.58. The van der Waals surface area contributed by atoms with Crippen LogP contribution >= 0.6 is 0 Å². The molecule has 2 atom stereocenters. The summed E-state index contributed by atoms with van der Waals surface area (Å²) in [6.07, 6.45) is 2.83. The van der Waals surface area contributed by atoms with Gasteiger partial charge in [0.2, 0.25) is 5.91 Å². The number of rotatable bonds is 4. The summed E-state index contributed by atoms with van der Waals surface area (Å²) in [5.74, 6) is 0.337. The van der Waals surface area contributed by atoms with Crippen LogP contribution in [0.5, 0.6) is 0 Å². The molecule has 1 fully saturated rings. The van der Waals surface area contributed by atoms with E-state index in [4.69, 9.17) is 5.73 Å². The number of aliphatic hydroxyl groups excluding tert-OH is 1. The van der Waals surface area contributed by atoms with Crippen molar-refractivity contribution in [1.82, 2.24) is 4.90 Å². The second kappa shape index (κ2) is 6.53.